The minimum absolute atomic E-state index is 0.0263. The lowest BCUT2D eigenvalue weighted by molar-refractivity contribution is -0.116. The number of pyridine rings is 1. The smallest absolute Gasteiger partial charge is 0.243 e. The minimum atomic E-state index is -3.61. The van der Waals surface area contributed by atoms with Crippen LogP contribution in [0.1, 0.15) is 25.1 Å². The van der Waals surface area contributed by atoms with Gasteiger partial charge >= 0.3 is 0 Å². The number of hydrogen-bond acceptors (Lipinski definition) is 8. The second-order valence-electron chi connectivity index (χ2n) is 11.1. The van der Waals surface area contributed by atoms with Gasteiger partial charge < -0.3 is 10.2 Å². The summed E-state index contributed by atoms with van der Waals surface area (Å²) < 4.78 is 28.4. The van der Waals surface area contributed by atoms with Gasteiger partial charge in [-0.1, -0.05) is 18.2 Å². The number of carbonyl (C=O) groups excluding carboxylic acids is 1. The number of aryl methyl sites for hydroxylation is 1. The third-order valence-corrected chi connectivity index (χ3v) is 9.99. The number of piperazine rings is 1. The quantitative estimate of drug-likeness (QED) is 0.350. The average Bonchev–Trinajstić information content (AvgIpc) is 3.42. The molecule has 2 aliphatic rings. The number of para-hydroxylation sites is 1. The molecule has 0 bridgehead atoms. The normalized spacial score (nSPS) is 16.9. The molecule has 0 spiro atoms. The van der Waals surface area contributed by atoms with Crippen LogP contribution in [0.3, 0.4) is 0 Å². The van der Waals surface area contributed by atoms with Gasteiger partial charge in [-0.3, -0.25) is 14.7 Å². The van der Waals surface area contributed by atoms with E-state index in [1.165, 1.54) is 6.92 Å². The molecule has 6 rings (SSSR count). The van der Waals surface area contributed by atoms with Gasteiger partial charge in [0.25, 0.3) is 0 Å². The van der Waals surface area contributed by atoms with Gasteiger partial charge in [0.05, 0.1) is 10.4 Å². The molecule has 4 heterocycles. The summed E-state index contributed by atoms with van der Waals surface area (Å²) in [6.45, 7) is 9.09. The molecule has 0 saturated carbocycles. The molecule has 1 amide bonds. The Balaban J connectivity index is 1.09. The number of nitrogens with one attached hydrogen (secondary N) is 1. The van der Waals surface area contributed by atoms with Gasteiger partial charge in [-0.05, 0) is 56.2 Å². The number of anilines is 2. The summed E-state index contributed by atoms with van der Waals surface area (Å²) in [5.74, 6) is 0.747. The SMILES string of the molecule is CC(=O)N1CCc2cc(S(=O)(=O)N3CCN(C[C@H](C)Nc4ncnc5c(-c6ccc(C)nc6)cccc45)CC3)ccc21. The van der Waals surface area contributed by atoms with Crippen molar-refractivity contribution >= 4 is 38.3 Å². The molecule has 1 saturated heterocycles. The molecule has 218 valence electrons. The fourth-order valence-corrected chi connectivity index (χ4v) is 7.37. The molecule has 42 heavy (non-hydrogen) atoms. The van der Waals surface area contributed by atoms with Gasteiger partial charge in [-0.2, -0.15) is 4.31 Å². The van der Waals surface area contributed by atoms with E-state index < -0.39 is 10.0 Å². The Bertz CT molecular complexity index is 1740. The van der Waals surface area contributed by atoms with Gasteiger partial charge in [0.2, 0.25) is 15.9 Å². The van der Waals surface area contributed by atoms with E-state index in [1.54, 1.807) is 33.7 Å². The first-order valence-corrected chi connectivity index (χ1v) is 15.7. The van der Waals surface area contributed by atoms with Crippen LogP contribution < -0.4 is 10.2 Å². The van der Waals surface area contributed by atoms with Crippen molar-refractivity contribution in [2.45, 2.75) is 38.1 Å². The van der Waals surface area contributed by atoms with Crippen molar-refractivity contribution in [2.75, 3.05) is 49.5 Å². The molecule has 0 aliphatic carbocycles. The maximum atomic E-state index is 13.4. The lowest BCUT2D eigenvalue weighted by Crippen LogP contribution is -2.50. The van der Waals surface area contributed by atoms with Crippen molar-refractivity contribution in [1.29, 1.82) is 0 Å². The predicted octanol–water partition coefficient (Wildman–Crippen LogP) is 3.72. The van der Waals surface area contributed by atoms with Gasteiger partial charge in [0.1, 0.15) is 12.1 Å². The summed E-state index contributed by atoms with van der Waals surface area (Å²) in [6, 6.07) is 15.3. The Hall–Kier alpha value is -3.93. The molecule has 2 aromatic carbocycles. The lowest BCUT2D eigenvalue weighted by Gasteiger charge is -2.35. The van der Waals surface area contributed by atoms with E-state index in [0.29, 0.717) is 44.0 Å². The first-order chi connectivity index (χ1) is 20.2. The molecular weight excluding hydrogens is 550 g/mol. The van der Waals surface area contributed by atoms with Gasteiger partial charge in [0.15, 0.2) is 0 Å². The monoisotopic (exact) mass is 585 g/mol. The first kappa shape index (κ1) is 28.2. The number of nitrogens with zero attached hydrogens (tertiary/aromatic N) is 6. The Morgan fingerprint density at radius 1 is 1.00 bits per heavy atom. The van der Waals surface area contributed by atoms with Gasteiger partial charge in [-0.15, -0.1) is 0 Å². The van der Waals surface area contributed by atoms with Crippen LogP contribution in [-0.4, -0.2) is 83.8 Å². The zero-order chi connectivity index (χ0) is 29.4. The maximum Gasteiger partial charge on any atom is 0.243 e. The van der Waals surface area contributed by atoms with Crippen molar-refractivity contribution in [3.8, 4) is 11.1 Å². The molecule has 0 unspecified atom stereocenters. The van der Waals surface area contributed by atoms with Crippen molar-refractivity contribution < 1.29 is 13.2 Å². The van der Waals surface area contributed by atoms with Crippen LogP contribution in [0.15, 0.2) is 66.0 Å². The minimum Gasteiger partial charge on any atom is -0.366 e. The highest BCUT2D eigenvalue weighted by atomic mass is 32.2. The summed E-state index contributed by atoms with van der Waals surface area (Å²) in [7, 11) is -3.61. The topological polar surface area (TPSA) is 112 Å². The number of rotatable bonds is 7. The lowest BCUT2D eigenvalue weighted by atomic mass is 10.0. The predicted molar refractivity (Wildman–Crippen MR) is 164 cm³/mol. The second kappa shape index (κ2) is 11.4. The van der Waals surface area contributed by atoms with Gasteiger partial charge in [0, 0.05) is 86.3 Å². The van der Waals surface area contributed by atoms with E-state index >= 15 is 0 Å². The maximum absolute atomic E-state index is 13.4. The molecule has 1 atom stereocenters. The van der Waals surface area contributed by atoms with Crippen LogP contribution in [-0.2, 0) is 21.2 Å². The summed E-state index contributed by atoms with van der Waals surface area (Å²) in [5.41, 5.74) is 5.57. The number of benzene rings is 2. The first-order valence-electron chi connectivity index (χ1n) is 14.3. The zero-order valence-corrected chi connectivity index (χ0v) is 24.9. The van der Waals surface area contributed by atoms with Gasteiger partial charge in [-0.25, -0.2) is 18.4 Å². The Morgan fingerprint density at radius 2 is 1.81 bits per heavy atom. The molecule has 0 radical (unpaired) electrons. The summed E-state index contributed by atoms with van der Waals surface area (Å²) in [6.07, 6.45) is 4.12. The summed E-state index contributed by atoms with van der Waals surface area (Å²) >= 11 is 0. The Morgan fingerprint density at radius 3 is 2.55 bits per heavy atom. The van der Waals surface area contributed by atoms with Crippen molar-refractivity contribution in [2.24, 2.45) is 0 Å². The van der Waals surface area contributed by atoms with Crippen LogP contribution in [0.2, 0.25) is 0 Å². The van der Waals surface area contributed by atoms with Crippen LogP contribution in [0.25, 0.3) is 22.0 Å². The third kappa shape index (κ3) is 5.47. The number of amides is 1. The molecule has 11 heteroatoms. The summed E-state index contributed by atoms with van der Waals surface area (Å²) in [4.78, 5) is 29.7. The summed E-state index contributed by atoms with van der Waals surface area (Å²) in [5, 5.41) is 4.50. The van der Waals surface area contributed by atoms with Crippen LogP contribution >= 0.6 is 0 Å². The van der Waals surface area contributed by atoms with E-state index in [-0.39, 0.29) is 11.9 Å². The fourth-order valence-electron chi connectivity index (χ4n) is 5.90. The molecule has 10 nitrogen and oxygen atoms in total. The standard InChI is InChI=1S/C31H35N7O3S/c1-21-7-8-25(18-32-21)27-5-4-6-28-30(27)33-20-34-31(28)35-22(2)19-36-13-15-37(16-14-36)42(40,41)26-9-10-29-24(17-26)11-12-38(29)23(3)39/h4-10,17-18,20,22H,11-16,19H2,1-3H3,(H,33,34,35)/t22-/m0/s1. The van der Waals surface area contributed by atoms with Crippen LogP contribution in [0.5, 0.6) is 0 Å². The fraction of sp³-hybridized carbons (Fsp3) is 0.355. The number of aromatic nitrogens is 3. The highest BCUT2D eigenvalue weighted by Gasteiger charge is 2.31. The molecule has 4 aromatic rings. The number of carbonyl (C=O) groups is 1. The van der Waals surface area contributed by atoms with Crippen molar-refractivity contribution in [3.05, 3.63) is 72.3 Å². The molecule has 1 N–H and O–H groups in total. The largest absolute Gasteiger partial charge is 0.366 e. The van der Waals surface area contributed by atoms with E-state index in [1.807, 2.05) is 37.4 Å². The molecule has 2 aliphatic heterocycles. The molecule has 1 fully saturated rings. The van der Waals surface area contributed by atoms with E-state index in [0.717, 1.165) is 51.3 Å². The second-order valence-corrected chi connectivity index (χ2v) is 13.0. The van der Waals surface area contributed by atoms with E-state index in [9.17, 15) is 13.2 Å². The average molecular weight is 586 g/mol. The van der Waals surface area contributed by atoms with Crippen molar-refractivity contribution in [1.82, 2.24) is 24.2 Å². The number of hydrogen-bond donors (Lipinski definition) is 1. The third-order valence-electron chi connectivity index (χ3n) is 8.10. The number of sulfonamides is 1. The van der Waals surface area contributed by atoms with Crippen molar-refractivity contribution in [3.63, 3.8) is 0 Å². The van der Waals surface area contributed by atoms with E-state index in [2.05, 4.69) is 38.2 Å². The Kier molecular flexibility index (Phi) is 7.65. The highest BCUT2D eigenvalue weighted by molar-refractivity contribution is 7.89. The Labute approximate surface area is 246 Å². The highest BCUT2D eigenvalue weighted by Crippen LogP contribution is 2.32. The molecular formula is C31H35N7O3S. The number of fused-ring (bicyclic) bond motifs is 2. The van der Waals surface area contributed by atoms with Crippen LogP contribution in [0, 0.1) is 6.92 Å². The van der Waals surface area contributed by atoms with Crippen LogP contribution in [0.4, 0.5) is 11.5 Å². The molecule has 2 aromatic heterocycles. The zero-order valence-electron chi connectivity index (χ0n) is 24.1. The van der Waals surface area contributed by atoms with E-state index in [4.69, 9.17) is 0 Å².